The number of allylic oxidation sites excluding steroid dienone is 1. The fourth-order valence-electron chi connectivity index (χ4n) is 2.41. The smallest absolute Gasteiger partial charge is 0.262 e. The van der Waals surface area contributed by atoms with Crippen LogP contribution in [0.4, 0.5) is 0 Å². The van der Waals surface area contributed by atoms with E-state index in [1.54, 1.807) is 22.8 Å². The van der Waals surface area contributed by atoms with E-state index in [4.69, 9.17) is 0 Å². The molecule has 0 aliphatic carbocycles. The number of carbonyl (C=O) groups excluding carboxylic acids is 1. The molecule has 0 aliphatic rings. The summed E-state index contributed by atoms with van der Waals surface area (Å²) in [6.45, 7) is 17.4. The average Bonchev–Trinajstić information content (AvgIpc) is 2.25. The number of carboxylic acids is 1. The standard InChI is InChI=1S/C5H8O2.3C4H9.Al/c1-3-4(2)5(6)7;3*1-4(2)3;/h3H,1-2H3,(H,6,7);3*4H,1H2,2-3H3;/p-1/b4-3+;;;;. The maximum absolute atomic E-state index is 9.75. The van der Waals surface area contributed by atoms with Gasteiger partial charge in [0.2, 0.25) is 0 Å². The highest BCUT2D eigenvalue weighted by atomic mass is 27.2. The molecule has 0 aliphatic heterocycles. The Morgan fingerprint density at radius 2 is 1.25 bits per heavy atom. The fraction of sp³-hybridized carbons (Fsp3) is 0.824. The number of aliphatic carboxylic acids is 1. The summed E-state index contributed by atoms with van der Waals surface area (Å²) in [7, 11) is 0. The molecule has 0 radical (unpaired) electrons. The van der Waals surface area contributed by atoms with Crippen LogP contribution in [-0.4, -0.2) is 20.1 Å². The molecule has 0 spiro atoms. The highest BCUT2D eigenvalue weighted by Crippen LogP contribution is 2.20. The van der Waals surface area contributed by atoms with E-state index in [2.05, 4.69) is 41.5 Å². The number of hydrogen-bond acceptors (Lipinski definition) is 2. The normalized spacial score (nSPS) is 11.7. The molecule has 20 heavy (non-hydrogen) atoms. The zero-order valence-corrected chi connectivity index (χ0v) is 16.0. The van der Waals surface area contributed by atoms with E-state index in [-0.39, 0.29) is 5.57 Å². The monoisotopic (exact) mass is 297 g/mol. The summed E-state index contributed by atoms with van der Waals surface area (Å²) in [5.41, 5.74) is 0.278. The minimum absolute atomic E-state index is 0.278. The molecule has 0 aromatic carbocycles. The van der Waals surface area contributed by atoms with Gasteiger partial charge in [-0.25, -0.2) is 0 Å². The van der Waals surface area contributed by atoms with Crippen LogP contribution in [0, 0.1) is 17.8 Å². The van der Waals surface area contributed by atoms with Gasteiger partial charge < -0.3 is 9.90 Å². The molecule has 3 heteroatoms. The van der Waals surface area contributed by atoms with E-state index in [1.165, 1.54) is 13.0 Å². The molecular formula is C17H34AlO2-. The molecule has 0 atom stereocenters. The number of hydrogen-bond donors (Lipinski definition) is 0. The van der Waals surface area contributed by atoms with Crippen LogP contribution in [0.5, 0.6) is 0 Å². The van der Waals surface area contributed by atoms with Crippen LogP contribution in [0.1, 0.15) is 55.4 Å². The third kappa shape index (κ3) is 15.8. The van der Waals surface area contributed by atoms with Crippen LogP contribution >= 0.6 is 0 Å². The summed E-state index contributed by atoms with van der Waals surface area (Å²) in [4.78, 5) is 9.75. The lowest BCUT2D eigenvalue weighted by Crippen LogP contribution is -2.22. The van der Waals surface area contributed by atoms with Gasteiger partial charge in [-0.3, -0.25) is 0 Å². The van der Waals surface area contributed by atoms with Crippen molar-refractivity contribution in [2.24, 2.45) is 17.8 Å². The maximum Gasteiger partial charge on any atom is 0.262 e. The van der Waals surface area contributed by atoms with Gasteiger partial charge in [0.25, 0.3) is 14.1 Å². The topological polar surface area (TPSA) is 40.1 Å². The molecule has 0 bridgehead atoms. The van der Waals surface area contributed by atoms with Gasteiger partial charge in [0.05, 0.1) is 5.97 Å². The Kier molecular flexibility index (Phi) is 13.7. The summed E-state index contributed by atoms with van der Waals surface area (Å²) < 4.78 is 0. The van der Waals surface area contributed by atoms with Crippen molar-refractivity contribution in [1.29, 1.82) is 0 Å². The zero-order valence-electron chi connectivity index (χ0n) is 14.8. The predicted molar refractivity (Wildman–Crippen MR) is 89.1 cm³/mol. The van der Waals surface area contributed by atoms with Crippen LogP contribution in [0.3, 0.4) is 0 Å². The number of carboxylic acid groups (broad SMARTS) is 1. The van der Waals surface area contributed by atoms with Crippen molar-refractivity contribution in [2.75, 3.05) is 0 Å². The second-order valence-corrected chi connectivity index (χ2v) is 10.2. The minimum Gasteiger partial charge on any atom is -0.545 e. The lowest BCUT2D eigenvalue weighted by Gasteiger charge is -2.17. The SMILES string of the molecule is C/C=C(\C)C(=O)[O-].CC(C)[CH2][Al]([CH2]C(C)C)[CH2]C(C)C. The van der Waals surface area contributed by atoms with Crippen molar-refractivity contribution >= 4 is 20.1 Å². The summed E-state index contributed by atoms with van der Waals surface area (Å²) in [5.74, 6) is 1.68. The maximum atomic E-state index is 9.75. The Hall–Kier alpha value is -0.258. The van der Waals surface area contributed by atoms with Crippen LogP contribution in [0.25, 0.3) is 0 Å². The van der Waals surface area contributed by atoms with Gasteiger partial charge in [-0.1, -0.05) is 81.2 Å². The highest BCUT2D eigenvalue weighted by molar-refractivity contribution is 6.58. The van der Waals surface area contributed by atoms with Gasteiger partial charge in [-0.15, -0.1) is 0 Å². The zero-order chi connectivity index (χ0) is 16.3. The van der Waals surface area contributed by atoms with Crippen molar-refractivity contribution in [2.45, 2.75) is 71.2 Å². The van der Waals surface area contributed by atoms with Crippen molar-refractivity contribution in [3.8, 4) is 0 Å². The molecule has 0 amide bonds. The molecule has 0 rings (SSSR count). The van der Waals surface area contributed by atoms with Gasteiger partial charge >= 0.3 is 0 Å². The quantitative estimate of drug-likeness (QED) is 0.523. The molecule has 0 aromatic rings. The van der Waals surface area contributed by atoms with Gasteiger partial charge in [0, 0.05) is 0 Å². The third-order valence-electron chi connectivity index (χ3n) is 3.17. The van der Waals surface area contributed by atoms with E-state index >= 15 is 0 Å². The summed E-state index contributed by atoms with van der Waals surface area (Å²) >= 11 is -0.407. The molecule has 0 unspecified atom stereocenters. The highest BCUT2D eigenvalue weighted by Gasteiger charge is 2.20. The predicted octanol–water partition coefficient (Wildman–Crippen LogP) is 4.15. The van der Waals surface area contributed by atoms with Crippen molar-refractivity contribution < 1.29 is 9.90 Å². The fourth-order valence-corrected chi connectivity index (χ4v) is 6.98. The van der Waals surface area contributed by atoms with E-state index in [0.29, 0.717) is 0 Å². The van der Waals surface area contributed by atoms with Gasteiger partial charge in [-0.05, 0) is 19.4 Å². The van der Waals surface area contributed by atoms with E-state index in [1.807, 2.05) is 0 Å². The van der Waals surface area contributed by atoms with Crippen molar-refractivity contribution in [3.05, 3.63) is 11.6 Å². The first-order chi connectivity index (χ1) is 9.09. The molecule has 0 fully saturated rings. The molecule has 0 saturated carbocycles. The first kappa shape index (κ1) is 22.0. The first-order valence-electron chi connectivity index (χ1n) is 7.94. The van der Waals surface area contributed by atoms with Crippen LogP contribution in [0.15, 0.2) is 11.6 Å². The Bertz CT molecular complexity index is 257. The number of carbonyl (C=O) groups is 1. The average molecular weight is 297 g/mol. The van der Waals surface area contributed by atoms with Crippen LogP contribution in [0.2, 0.25) is 15.8 Å². The Balaban J connectivity index is 0. The van der Waals surface area contributed by atoms with Crippen molar-refractivity contribution in [3.63, 3.8) is 0 Å². The largest absolute Gasteiger partial charge is 0.545 e. The van der Waals surface area contributed by atoms with E-state index < -0.39 is 20.1 Å². The molecule has 0 N–H and O–H groups in total. The lowest BCUT2D eigenvalue weighted by atomic mass is 10.2. The van der Waals surface area contributed by atoms with Crippen LogP contribution < -0.4 is 5.11 Å². The first-order valence-corrected chi connectivity index (χ1v) is 10.4. The van der Waals surface area contributed by atoms with Crippen molar-refractivity contribution in [1.82, 2.24) is 0 Å². The summed E-state index contributed by atoms with van der Waals surface area (Å²) in [5, 5.41) is 14.4. The summed E-state index contributed by atoms with van der Waals surface area (Å²) in [6, 6.07) is 0. The van der Waals surface area contributed by atoms with Gasteiger partial charge in [-0.2, -0.15) is 0 Å². The lowest BCUT2D eigenvalue weighted by molar-refractivity contribution is -0.299. The molecule has 2 nitrogen and oxygen atoms in total. The van der Waals surface area contributed by atoms with E-state index in [0.717, 1.165) is 17.8 Å². The molecule has 0 aromatic heterocycles. The van der Waals surface area contributed by atoms with Gasteiger partial charge in [0.1, 0.15) is 0 Å². The summed E-state index contributed by atoms with van der Waals surface area (Å²) in [6.07, 6.45) is 1.50. The second kappa shape index (κ2) is 12.5. The molecule has 0 saturated heterocycles. The minimum atomic E-state index is -1.09. The second-order valence-electron chi connectivity index (χ2n) is 7.01. The third-order valence-corrected chi connectivity index (χ3v) is 8.00. The molecular weight excluding hydrogens is 263 g/mol. The van der Waals surface area contributed by atoms with Crippen LogP contribution in [-0.2, 0) is 4.79 Å². The van der Waals surface area contributed by atoms with Gasteiger partial charge in [0.15, 0.2) is 0 Å². The molecule has 0 heterocycles. The Morgan fingerprint density at radius 1 is 0.950 bits per heavy atom. The molecule has 118 valence electrons. The van der Waals surface area contributed by atoms with E-state index in [9.17, 15) is 9.90 Å². The Morgan fingerprint density at radius 3 is 1.35 bits per heavy atom. The Labute approximate surface area is 131 Å². The number of rotatable bonds is 7.